The summed E-state index contributed by atoms with van der Waals surface area (Å²) >= 11 is 0. The molecule has 0 aliphatic rings. The molecular weight excluding hydrogens is 342 g/mol. The summed E-state index contributed by atoms with van der Waals surface area (Å²) in [6.07, 6.45) is 1.56. The summed E-state index contributed by atoms with van der Waals surface area (Å²) < 4.78 is 6.85. The number of carbonyl (C=O) groups is 1. The first-order valence-corrected chi connectivity index (χ1v) is 8.41. The molecule has 134 valence electrons. The van der Waals surface area contributed by atoms with Crippen LogP contribution in [-0.2, 0) is 6.54 Å². The highest BCUT2D eigenvalue weighted by Gasteiger charge is 2.08. The van der Waals surface area contributed by atoms with Gasteiger partial charge in [0.1, 0.15) is 5.52 Å². The highest BCUT2D eigenvalue weighted by Crippen LogP contribution is 2.15. The van der Waals surface area contributed by atoms with Gasteiger partial charge >= 0.3 is 0 Å². The van der Waals surface area contributed by atoms with Crippen molar-refractivity contribution in [1.29, 1.82) is 0 Å². The quantitative estimate of drug-likeness (QED) is 0.592. The zero-order valence-electron chi connectivity index (χ0n) is 14.7. The van der Waals surface area contributed by atoms with E-state index in [0.29, 0.717) is 23.7 Å². The lowest BCUT2D eigenvalue weighted by Crippen LogP contribution is -2.12. The molecule has 0 aliphatic heterocycles. The van der Waals surface area contributed by atoms with Crippen molar-refractivity contribution in [2.45, 2.75) is 6.54 Å². The number of ether oxygens (including phenoxy) is 1. The van der Waals surface area contributed by atoms with Crippen molar-refractivity contribution in [1.82, 2.24) is 20.0 Å². The van der Waals surface area contributed by atoms with Crippen LogP contribution in [0.5, 0.6) is 5.88 Å². The first-order chi connectivity index (χ1) is 13.2. The average Bonchev–Trinajstić information content (AvgIpc) is 3.12. The molecule has 0 saturated heterocycles. The second-order valence-corrected chi connectivity index (χ2v) is 5.98. The Balaban J connectivity index is 1.45. The van der Waals surface area contributed by atoms with Crippen LogP contribution in [-0.4, -0.2) is 33.0 Å². The number of carbonyl (C=O) groups excluding carboxylic acids is 1. The Morgan fingerprint density at radius 2 is 1.89 bits per heavy atom. The van der Waals surface area contributed by atoms with Crippen LogP contribution in [0.15, 0.2) is 66.9 Å². The summed E-state index contributed by atoms with van der Waals surface area (Å²) in [5.41, 5.74) is 4.05. The van der Waals surface area contributed by atoms with Gasteiger partial charge in [0.15, 0.2) is 0 Å². The fraction of sp³-hybridized carbons (Fsp3) is 0.100. The van der Waals surface area contributed by atoms with Gasteiger partial charge in [0.25, 0.3) is 5.91 Å². The van der Waals surface area contributed by atoms with Crippen molar-refractivity contribution in [2.75, 3.05) is 12.4 Å². The molecule has 4 rings (SSSR count). The number of hydrogen-bond acceptors (Lipinski definition) is 5. The normalized spacial score (nSPS) is 10.7. The van der Waals surface area contributed by atoms with E-state index in [1.165, 1.54) is 0 Å². The largest absolute Gasteiger partial charge is 0.481 e. The van der Waals surface area contributed by atoms with Crippen LogP contribution in [0.4, 0.5) is 5.69 Å². The molecule has 0 saturated carbocycles. The number of hydrogen-bond donors (Lipinski definition) is 1. The Labute approximate surface area is 155 Å². The predicted molar refractivity (Wildman–Crippen MR) is 102 cm³/mol. The summed E-state index contributed by atoms with van der Waals surface area (Å²) in [7, 11) is 1.55. The molecule has 4 aromatic rings. The van der Waals surface area contributed by atoms with E-state index >= 15 is 0 Å². The number of methoxy groups -OCH3 is 1. The molecule has 0 aliphatic carbocycles. The standard InChI is InChI=1S/C20H17N5O2/c1-27-19-11-10-16(12-21-19)22-20(26)15-8-6-14(7-9-15)13-25-18-5-3-2-4-17(18)23-24-25/h2-12H,13H2,1H3,(H,22,26). The molecule has 7 nitrogen and oxygen atoms in total. The number of para-hydroxylation sites is 1. The molecule has 0 spiro atoms. The summed E-state index contributed by atoms with van der Waals surface area (Å²) in [5.74, 6) is 0.303. The average molecular weight is 359 g/mol. The summed E-state index contributed by atoms with van der Waals surface area (Å²) in [5, 5.41) is 11.2. The summed E-state index contributed by atoms with van der Waals surface area (Å²) in [6.45, 7) is 0.588. The Morgan fingerprint density at radius 3 is 2.63 bits per heavy atom. The lowest BCUT2D eigenvalue weighted by molar-refractivity contribution is 0.102. The second kappa shape index (κ2) is 7.25. The lowest BCUT2D eigenvalue weighted by Gasteiger charge is -2.07. The van der Waals surface area contributed by atoms with Gasteiger partial charge in [-0.05, 0) is 35.9 Å². The fourth-order valence-electron chi connectivity index (χ4n) is 2.75. The summed E-state index contributed by atoms with van der Waals surface area (Å²) in [6, 6.07) is 18.7. The molecule has 0 atom stereocenters. The minimum absolute atomic E-state index is 0.195. The van der Waals surface area contributed by atoms with E-state index in [1.807, 2.05) is 41.1 Å². The van der Waals surface area contributed by atoms with Gasteiger partial charge in [-0.25, -0.2) is 9.67 Å². The number of amides is 1. The van der Waals surface area contributed by atoms with Crippen LogP contribution >= 0.6 is 0 Å². The number of aromatic nitrogens is 4. The monoisotopic (exact) mass is 359 g/mol. The van der Waals surface area contributed by atoms with Crippen molar-refractivity contribution < 1.29 is 9.53 Å². The molecule has 2 aromatic heterocycles. The van der Waals surface area contributed by atoms with E-state index in [1.54, 1.807) is 37.6 Å². The minimum atomic E-state index is -0.195. The van der Waals surface area contributed by atoms with Gasteiger partial charge in [-0.1, -0.05) is 29.5 Å². The predicted octanol–water partition coefficient (Wildman–Crippen LogP) is 3.14. The number of nitrogens with one attached hydrogen (secondary N) is 1. The second-order valence-electron chi connectivity index (χ2n) is 5.98. The molecule has 27 heavy (non-hydrogen) atoms. The van der Waals surface area contributed by atoms with Crippen molar-refractivity contribution in [3.05, 3.63) is 78.0 Å². The maximum absolute atomic E-state index is 12.4. The third kappa shape index (κ3) is 3.62. The third-order valence-electron chi connectivity index (χ3n) is 4.17. The molecule has 1 amide bonds. The molecule has 2 aromatic carbocycles. The number of anilines is 1. The van der Waals surface area contributed by atoms with Crippen LogP contribution in [0.25, 0.3) is 11.0 Å². The van der Waals surface area contributed by atoms with Gasteiger partial charge in [0, 0.05) is 11.6 Å². The highest BCUT2D eigenvalue weighted by atomic mass is 16.5. The number of nitrogens with zero attached hydrogens (tertiary/aromatic N) is 4. The number of benzene rings is 2. The Hall–Kier alpha value is -3.74. The molecule has 0 bridgehead atoms. The van der Waals surface area contributed by atoms with E-state index in [0.717, 1.165) is 16.6 Å². The molecule has 0 fully saturated rings. The van der Waals surface area contributed by atoms with Gasteiger partial charge in [0.2, 0.25) is 5.88 Å². The van der Waals surface area contributed by atoms with E-state index in [9.17, 15) is 4.79 Å². The number of pyridine rings is 1. The van der Waals surface area contributed by atoms with Gasteiger partial charge in [0.05, 0.1) is 31.1 Å². The highest BCUT2D eigenvalue weighted by molar-refractivity contribution is 6.04. The maximum atomic E-state index is 12.4. The van der Waals surface area contributed by atoms with E-state index in [2.05, 4.69) is 20.6 Å². The first kappa shape index (κ1) is 16.7. The molecule has 0 unspecified atom stereocenters. The lowest BCUT2D eigenvalue weighted by atomic mass is 10.1. The zero-order chi connectivity index (χ0) is 18.6. The number of rotatable bonds is 5. The SMILES string of the molecule is COc1ccc(NC(=O)c2ccc(Cn3nnc4ccccc43)cc2)cn1. The first-order valence-electron chi connectivity index (χ1n) is 8.41. The van der Waals surface area contributed by atoms with Crippen molar-refractivity contribution in [3.8, 4) is 5.88 Å². The van der Waals surface area contributed by atoms with E-state index in [-0.39, 0.29) is 5.91 Å². The smallest absolute Gasteiger partial charge is 0.255 e. The van der Waals surface area contributed by atoms with Crippen LogP contribution < -0.4 is 10.1 Å². The zero-order valence-corrected chi connectivity index (χ0v) is 14.7. The van der Waals surface area contributed by atoms with Crippen molar-refractivity contribution in [2.24, 2.45) is 0 Å². The third-order valence-corrected chi connectivity index (χ3v) is 4.17. The molecule has 7 heteroatoms. The maximum Gasteiger partial charge on any atom is 0.255 e. The topological polar surface area (TPSA) is 81.9 Å². The minimum Gasteiger partial charge on any atom is -0.481 e. The van der Waals surface area contributed by atoms with Gasteiger partial charge in [-0.15, -0.1) is 5.10 Å². The van der Waals surface area contributed by atoms with Crippen LogP contribution in [0.3, 0.4) is 0 Å². The van der Waals surface area contributed by atoms with E-state index < -0.39 is 0 Å². The van der Waals surface area contributed by atoms with Crippen molar-refractivity contribution >= 4 is 22.6 Å². The van der Waals surface area contributed by atoms with Gasteiger partial charge < -0.3 is 10.1 Å². The van der Waals surface area contributed by atoms with Crippen molar-refractivity contribution in [3.63, 3.8) is 0 Å². The van der Waals surface area contributed by atoms with Gasteiger partial charge in [-0.3, -0.25) is 4.79 Å². The Morgan fingerprint density at radius 1 is 1.07 bits per heavy atom. The summed E-state index contributed by atoms with van der Waals surface area (Å²) in [4.78, 5) is 16.4. The fourth-order valence-corrected chi connectivity index (χ4v) is 2.75. The Bertz CT molecular complexity index is 1070. The van der Waals surface area contributed by atoms with E-state index in [4.69, 9.17) is 4.74 Å². The van der Waals surface area contributed by atoms with Crippen LogP contribution in [0, 0.1) is 0 Å². The Kier molecular flexibility index (Phi) is 4.49. The number of fused-ring (bicyclic) bond motifs is 1. The van der Waals surface area contributed by atoms with Gasteiger partial charge in [-0.2, -0.15) is 0 Å². The molecule has 2 heterocycles. The van der Waals surface area contributed by atoms with Crippen LogP contribution in [0.2, 0.25) is 0 Å². The molecule has 0 radical (unpaired) electrons. The van der Waals surface area contributed by atoms with Crippen LogP contribution in [0.1, 0.15) is 15.9 Å². The molecule has 1 N–H and O–H groups in total. The molecular formula is C20H17N5O2.